The number of aryl methyl sites for hydroxylation is 1. The van der Waals surface area contributed by atoms with Crippen LogP contribution in [0.2, 0.25) is 0 Å². The van der Waals surface area contributed by atoms with Crippen molar-refractivity contribution in [1.82, 2.24) is 20.1 Å². The fourth-order valence-electron chi connectivity index (χ4n) is 3.07. The van der Waals surface area contributed by atoms with E-state index in [2.05, 4.69) is 43.3 Å². The smallest absolute Gasteiger partial charge is 0.251 e. The molecule has 0 fully saturated rings. The number of nitrogens with one attached hydrogen (secondary N) is 2. The van der Waals surface area contributed by atoms with Crippen LogP contribution in [0.25, 0.3) is 0 Å². The number of thioether (sulfide) groups is 1. The zero-order chi connectivity index (χ0) is 24.0. The summed E-state index contributed by atoms with van der Waals surface area (Å²) in [6.45, 7) is 7.90. The molecule has 2 aromatic carbocycles. The first kappa shape index (κ1) is 24.7. The summed E-state index contributed by atoms with van der Waals surface area (Å²) < 4.78 is 16.3. The highest BCUT2D eigenvalue weighted by molar-refractivity contribution is 9.10. The number of hydrogen-bond donors (Lipinski definition) is 2. The van der Waals surface area contributed by atoms with Gasteiger partial charge in [-0.05, 0) is 44.2 Å². The van der Waals surface area contributed by atoms with Crippen LogP contribution in [-0.4, -0.2) is 32.3 Å². The molecule has 1 atom stereocenters. The molecule has 3 rings (SSSR count). The maximum atomic E-state index is 14.0. The number of halogens is 2. The largest absolute Gasteiger partial charge is 0.342 e. The molecule has 0 aliphatic heterocycles. The molecule has 172 valence electrons. The number of hydrogen-bond acceptors (Lipinski definition) is 5. The summed E-state index contributed by atoms with van der Waals surface area (Å²) in [5.74, 6) is -0.577. The summed E-state index contributed by atoms with van der Waals surface area (Å²) in [6, 6.07) is 11.3. The first-order valence-electron chi connectivity index (χ1n) is 10.1. The number of allylic oxidation sites excluding steroid dienone is 1. The molecule has 0 aliphatic rings. The molecule has 2 N–H and O–H groups in total. The SMILES string of the molecule is C=CCn1c(SCC(=O)Nc2ccc(Br)cc2F)nnc1[C@@H](C)NC(=O)c1cccc(C)c1. The van der Waals surface area contributed by atoms with Gasteiger partial charge >= 0.3 is 0 Å². The van der Waals surface area contributed by atoms with Crippen molar-refractivity contribution in [3.05, 3.63) is 82.4 Å². The molecular formula is C23H23BrFN5O2S. The third kappa shape index (κ3) is 6.52. The summed E-state index contributed by atoms with van der Waals surface area (Å²) >= 11 is 4.35. The lowest BCUT2D eigenvalue weighted by atomic mass is 10.1. The minimum Gasteiger partial charge on any atom is -0.342 e. The number of aromatic nitrogens is 3. The molecule has 2 amide bonds. The van der Waals surface area contributed by atoms with Gasteiger partial charge in [-0.25, -0.2) is 4.39 Å². The zero-order valence-corrected chi connectivity index (χ0v) is 20.5. The third-order valence-corrected chi connectivity index (χ3v) is 6.07. The summed E-state index contributed by atoms with van der Waals surface area (Å²) in [4.78, 5) is 24.9. The van der Waals surface area contributed by atoms with Crippen LogP contribution >= 0.6 is 27.7 Å². The Hall–Kier alpha value is -2.98. The number of carbonyl (C=O) groups is 2. The fraction of sp³-hybridized carbons (Fsp3) is 0.217. The number of anilines is 1. The van der Waals surface area contributed by atoms with E-state index in [1.165, 1.54) is 12.1 Å². The quantitative estimate of drug-likeness (QED) is 0.303. The molecule has 10 heteroatoms. The second kappa shape index (κ2) is 11.2. The highest BCUT2D eigenvalue weighted by Gasteiger charge is 2.20. The molecule has 7 nitrogen and oxygen atoms in total. The number of rotatable bonds is 9. The second-order valence-electron chi connectivity index (χ2n) is 7.27. The van der Waals surface area contributed by atoms with E-state index < -0.39 is 11.9 Å². The third-order valence-electron chi connectivity index (χ3n) is 4.61. The summed E-state index contributed by atoms with van der Waals surface area (Å²) in [5.41, 5.74) is 1.65. The van der Waals surface area contributed by atoms with Crippen LogP contribution in [0.5, 0.6) is 0 Å². The minimum absolute atomic E-state index is 0.00874. The minimum atomic E-state index is -0.530. The van der Waals surface area contributed by atoms with Gasteiger partial charge in [0.2, 0.25) is 5.91 Å². The Morgan fingerprint density at radius 1 is 1.27 bits per heavy atom. The molecule has 0 radical (unpaired) electrons. The van der Waals surface area contributed by atoms with Gasteiger partial charge in [0.15, 0.2) is 11.0 Å². The van der Waals surface area contributed by atoms with Gasteiger partial charge in [-0.15, -0.1) is 16.8 Å². The Bertz CT molecular complexity index is 1180. The molecule has 33 heavy (non-hydrogen) atoms. The fourth-order valence-corrected chi connectivity index (χ4v) is 4.15. The average Bonchev–Trinajstić information content (AvgIpc) is 3.17. The van der Waals surface area contributed by atoms with E-state index in [9.17, 15) is 14.0 Å². The zero-order valence-electron chi connectivity index (χ0n) is 18.1. The molecule has 0 aliphatic carbocycles. The van der Waals surface area contributed by atoms with Crippen LogP contribution < -0.4 is 10.6 Å². The molecule has 0 bridgehead atoms. The van der Waals surface area contributed by atoms with Crippen molar-refractivity contribution in [2.45, 2.75) is 31.6 Å². The number of nitrogens with zero attached hydrogens (tertiary/aromatic N) is 3. The van der Waals surface area contributed by atoms with Crippen LogP contribution in [-0.2, 0) is 11.3 Å². The molecule has 0 unspecified atom stereocenters. The maximum absolute atomic E-state index is 14.0. The van der Waals surface area contributed by atoms with Gasteiger partial charge in [0.1, 0.15) is 5.82 Å². The van der Waals surface area contributed by atoms with Crippen molar-refractivity contribution in [3.63, 3.8) is 0 Å². The van der Waals surface area contributed by atoms with Crippen molar-refractivity contribution >= 4 is 45.2 Å². The first-order chi connectivity index (χ1) is 15.8. The molecule has 1 heterocycles. The average molecular weight is 532 g/mol. The first-order valence-corrected chi connectivity index (χ1v) is 11.9. The Morgan fingerprint density at radius 2 is 2.06 bits per heavy atom. The molecule has 0 saturated heterocycles. The molecule has 0 spiro atoms. The summed E-state index contributed by atoms with van der Waals surface area (Å²) in [5, 5.41) is 14.4. The van der Waals surface area contributed by atoms with Crippen LogP contribution in [0.4, 0.5) is 10.1 Å². The van der Waals surface area contributed by atoms with E-state index in [1.54, 1.807) is 22.8 Å². The maximum Gasteiger partial charge on any atom is 0.251 e. The van der Waals surface area contributed by atoms with Crippen molar-refractivity contribution in [2.24, 2.45) is 0 Å². The van der Waals surface area contributed by atoms with Crippen LogP contribution in [0.15, 0.2) is 64.7 Å². The topological polar surface area (TPSA) is 88.9 Å². The van der Waals surface area contributed by atoms with E-state index in [0.29, 0.717) is 27.6 Å². The second-order valence-corrected chi connectivity index (χ2v) is 9.12. The molecule has 1 aromatic heterocycles. The molecule has 0 saturated carbocycles. The van der Waals surface area contributed by atoms with Gasteiger partial charge in [-0.1, -0.05) is 51.5 Å². The van der Waals surface area contributed by atoms with E-state index in [0.717, 1.165) is 17.3 Å². The van der Waals surface area contributed by atoms with Crippen LogP contribution in [0, 0.1) is 12.7 Å². The Balaban J connectivity index is 1.67. The Morgan fingerprint density at radius 3 is 2.76 bits per heavy atom. The predicted molar refractivity (Wildman–Crippen MR) is 131 cm³/mol. The molecular weight excluding hydrogens is 509 g/mol. The number of benzene rings is 2. The van der Waals surface area contributed by atoms with E-state index in [1.807, 2.05) is 32.0 Å². The van der Waals surface area contributed by atoms with Gasteiger partial charge in [0.25, 0.3) is 5.91 Å². The van der Waals surface area contributed by atoms with Gasteiger partial charge in [0.05, 0.1) is 17.5 Å². The van der Waals surface area contributed by atoms with Crippen molar-refractivity contribution in [2.75, 3.05) is 11.1 Å². The van der Waals surface area contributed by atoms with Crippen molar-refractivity contribution < 1.29 is 14.0 Å². The monoisotopic (exact) mass is 531 g/mol. The highest BCUT2D eigenvalue weighted by atomic mass is 79.9. The lowest BCUT2D eigenvalue weighted by Gasteiger charge is -2.15. The van der Waals surface area contributed by atoms with E-state index in [-0.39, 0.29) is 23.3 Å². The van der Waals surface area contributed by atoms with Crippen molar-refractivity contribution in [1.29, 1.82) is 0 Å². The lowest BCUT2D eigenvalue weighted by molar-refractivity contribution is -0.113. The molecule has 3 aromatic rings. The number of carbonyl (C=O) groups excluding carboxylic acids is 2. The van der Waals surface area contributed by atoms with Crippen LogP contribution in [0.3, 0.4) is 0 Å². The normalized spacial score (nSPS) is 11.6. The van der Waals surface area contributed by atoms with Crippen LogP contribution in [0.1, 0.15) is 34.7 Å². The Labute approximate surface area is 204 Å². The number of amides is 2. The van der Waals surface area contributed by atoms with Gasteiger partial charge < -0.3 is 15.2 Å². The van der Waals surface area contributed by atoms with Gasteiger partial charge in [-0.2, -0.15) is 0 Å². The lowest BCUT2D eigenvalue weighted by Crippen LogP contribution is -2.29. The summed E-state index contributed by atoms with van der Waals surface area (Å²) in [6.07, 6.45) is 1.68. The Kier molecular flexibility index (Phi) is 8.40. The van der Waals surface area contributed by atoms with E-state index >= 15 is 0 Å². The highest BCUT2D eigenvalue weighted by Crippen LogP contribution is 2.23. The van der Waals surface area contributed by atoms with Gasteiger partial charge in [-0.3, -0.25) is 9.59 Å². The van der Waals surface area contributed by atoms with Gasteiger partial charge in [0, 0.05) is 16.6 Å². The summed E-state index contributed by atoms with van der Waals surface area (Å²) in [7, 11) is 0. The standard InChI is InChI=1S/C23H23BrFN5O2S/c1-4-10-30-21(15(3)26-22(32)16-7-5-6-14(2)11-16)28-29-23(30)33-13-20(31)27-19-9-8-17(24)12-18(19)25/h4-9,11-12,15H,1,10,13H2,2-3H3,(H,26,32)(H,27,31)/t15-/m1/s1. The van der Waals surface area contributed by atoms with Crippen molar-refractivity contribution in [3.8, 4) is 0 Å². The predicted octanol–water partition coefficient (Wildman–Crippen LogP) is 4.90. The van der Waals surface area contributed by atoms with E-state index in [4.69, 9.17) is 0 Å².